The maximum absolute atomic E-state index is 9.75. The van der Waals surface area contributed by atoms with Crippen LogP contribution in [0.25, 0.3) is 0 Å². The Hall–Kier alpha value is -0.120. The second-order valence-electron chi connectivity index (χ2n) is 3.29. The minimum atomic E-state index is -0.760. The molecule has 2 aliphatic rings. The first-order valence-electron chi connectivity index (χ1n) is 4.55. The average molecular weight is 159 g/mol. The van der Waals surface area contributed by atoms with Gasteiger partial charge >= 0.3 is 0 Å². The van der Waals surface area contributed by atoms with Gasteiger partial charge < -0.3 is 14.6 Å². The van der Waals surface area contributed by atoms with E-state index in [0.717, 1.165) is 0 Å². The first-order valence-corrected chi connectivity index (χ1v) is 3.97. The first kappa shape index (κ1) is 6.40. The van der Waals surface area contributed by atoms with Crippen LogP contribution in [0.3, 0.4) is 0 Å². The highest BCUT2D eigenvalue weighted by atomic mass is 16.6. The van der Waals surface area contributed by atoms with Crippen LogP contribution >= 0.6 is 0 Å². The number of rotatable bonds is 1. The second kappa shape index (κ2) is 2.19. The third kappa shape index (κ3) is 0.789. The van der Waals surface area contributed by atoms with Gasteiger partial charge in [-0.15, -0.1) is 0 Å². The fraction of sp³-hybridized carbons (Fsp3) is 1.00. The van der Waals surface area contributed by atoms with Crippen molar-refractivity contribution in [1.29, 1.82) is 0 Å². The molecule has 2 rings (SSSR count). The maximum Gasteiger partial charge on any atom is 0.120 e. The molecule has 1 unspecified atom stereocenters. The molecule has 3 nitrogen and oxygen atoms in total. The van der Waals surface area contributed by atoms with Gasteiger partial charge in [-0.2, -0.15) is 0 Å². The summed E-state index contributed by atoms with van der Waals surface area (Å²) in [7, 11) is 0. The smallest absolute Gasteiger partial charge is 0.120 e. The Morgan fingerprint density at radius 3 is 2.82 bits per heavy atom. The van der Waals surface area contributed by atoms with Crippen LogP contribution in [0.4, 0.5) is 0 Å². The van der Waals surface area contributed by atoms with Crippen LogP contribution in [0, 0.1) is 0 Å². The third-order valence-electron chi connectivity index (χ3n) is 2.67. The minimum absolute atomic E-state index is 0.0819. The molecule has 0 radical (unpaired) electrons. The largest absolute Gasteiger partial charge is 0.387 e. The lowest BCUT2D eigenvalue weighted by Crippen LogP contribution is -2.39. The van der Waals surface area contributed by atoms with Gasteiger partial charge in [-0.25, -0.2) is 0 Å². The van der Waals surface area contributed by atoms with E-state index in [1.165, 1.54) is 0 Å². The zero-order valence-electron chi connectivity index (χ0n) is 7.78. The van der Waals surface area contributed by atoms with E-state index in [9.17, 15) is 5.11 Å². The number of ether oxygens (including phenoxy) is 2. The molecule has 2 fully saturated rings. The molecule has 0 saturated carbocycles. The van der Waals surface area contributed by atoms with Gasteiger partial charge in [0.25, 0.3) is 0 Å². The predicted molar refractivity (Wildman–Crippen MR) is 39.3 cm³/mol. The molecule has 11 heavy (non-hydrogen) atoms. The number of hydrogen-bond donors (Lipinski definition) is 1. The van der Waals surface area contributed by atoms with Gasteiger partial charge in [0.1, 0.15) is 17.8 Å². The van der Waals surface area contributed by atoms with Crippen molar-refractivity contribution in [2.75, 3.05) is 6.61 Å². The number of aliphatic hydroxyl groups is 1. The second-order valence-corrected chi connectivity index (χ2v) is 3.29. The summed E-state index contributed by atoms with van der Waals surface area (Å²) in [6, 6.07) is 0. The average Bonchev–Trinajstić information content (AvgIpc) is 2.42. The molecule has 2 saturated heterocycles. The molecular weight excluding hydrogens is 144 g/mol. The molecule has 0 aromatic rings. The molecule has 0 aliphatic carbocycles. The molecule has 64 valence electrons. The van der Waals surface area contributed by atoms with Crippen molar-refractivity contribution in [2.24, 2.45) is 0 Å². The van der Waals surface area contributed by atoms with E-state index in [1.54, 1.807) is 6.92 Å². The fourth-order valence-electron chi connectivity index (χ4n) is 1.91. The highest BCUT2D eigenvalue weighted by Gasteiger charge is 2.58. The van der Waals surface area contributed by atoms with Gasteiger partial charge in [-0.05, 0) is 13.3 Å². The molecular formula is C8H14O3. The molecule has 2 bridgehead atoms. The SMILES string of the molecule is [2H]C(C)[C@@]12CO[C@@H]([C@H](C)O1)[C@@H]2O. The first-order chi connectivity index (χ1) is 5.58. The topological polar surface area (TPSA) is 38.7 Å². The van der Waals surface area contributed by atoms with Crippen LogP contribution in [0.15, 0.2) is 0 Å². The van der Waals surface area contributed by atoms with Crippen molar-refractivity contribution < 1.29 is 16.0 Å². The molecule has 3 heteroatoms. The lowest BCUT2D eigenvalue weighted by atomic mass is 9.96. The van der Waals surface area contributed by atoms with E-state index in [0.29, 0.717) is 6.61 Å². The van der Waals surface area contributed by atoms with Gasteiger partial charge in [0.15, 0.2) is 0 Å². The lowest BCUT2D eigenvalue weighted by molar-refractivity contribution is -0.139. The van der Waals surface area contributed by atoms with E-state index in [-0.39, 0.29) is 12.2 Å². The highest BCUT2D eigenvalue weighted by molar-refractivity contribution is 5.05. The molecule has 1 N–H and O–H groups in total. The molecule has 2 heterocycles. The van der Waals surface area contributed by atoms with Gasteiger partial charge in [-0.3, -0.25) is 0 Å². The van der Waals surface area contributed by atoms with E-state index < -0.39 is 18.1 Å². The van der Waals surface area contributed by atoms with Crippen molar-refractivity contribution in [3.8, 4) is 0 Å². The summed E-state index contributed by atoms with van der Waals surface area (Å²) in [6.45, 7) is 3.96. The summed E-state index contributed by atoms with van der Waals surface area (Å²) < 4.78 is 18.5. The molecule has 0 spiro atoms. The highest BCUT2D eigenvalue weighted by Crippen LogP contribution is 2.41. The predicted octanol–water partition coefficient (Wildman–Crippen LogP) is 0.314. The fourth-order valence-corrected chi connectivity index (χ4v) is 1.91. The standard InChI is InChI=1S/C8H14O3/c1-3-8-4-10-6(7(8)9)5(2)11-8/h5-7,9H,3-4H2,1-2H3/t5-,6-,7-,8-/m0/s1/i3D/t3?,5-,6-,7-,8-. The molecule has 2 aliphatic heterocycles. The van der Waals surface area contributed by atoms with Crippen molar-refractivity contribution in [2.45, 2.75) is 44.2 Å². The van der Waals surface area contributed by atoms with Crippen LogP contribution in [-0.2, 0) is 9.47 Å². The summed E-state index contributed by atoms with van der Waals surface area (Å²) in [5, 5.41) is 9.75. The van der Waals surface area contributed by atoms with Crippen molar-refractivity contribution in [1.82, 2.24) is 0 Å². The van der Waals surface area contributed by atoms with Gasteiger partial charge in [0.05, 0.1) is 12.7 Å². The number of fused-ring (bicyclic) bond motifs is 2. The summed E-state index contributed by atoms with van der Waals surface area (Å²) in [5.74, 6) is 0. The Bertz CT molecular complexity index is 197. The summed E-state index contributed by atoms with van der Waals surface area (Å²) in [6.07, 6.45) is -1.37. The van der Waals surface area contributed by atoms with Crippen LogP contribution in [0.2, 0.25) is 0 Å². The van der Waals surface area contributed by atoms with Crippen LogP contribution in [0.1, 0.15) is 21.6 Å². The number of aliphatic hydroxyl groups excluding tert-OH is 1. The Morgan fingerprint density at radius 1 is 1.82 bits per heavy atom. The zero-order chi connectivity index (χ0) is 8.93. The maximum atomic E-state index is 9.75. The Morgan fingerprint density at radius 2 is 2.55 bits per heavy atom. The quantitative estimate of drug-likeness (QED) is 0.598. The van der Waals surface area contributed by atoms with Gasteiger partial charge in [-0.1, -0.05) is 6.92 Å². The summed E-state index contributed by atoms with van der Waals surface area (Å²) >= 11 is 0. The molecule has 5 atom stereocenters. The van der Waals surface area contributed by atoms with Crippen molar-refractivity contribution >= 4 is 0 Å². The van der Waals surface area contributed by atoms with Crippen LogP contribution in [-0.4, -0.2) is 35.6 Å². The van der Waals surface area contributed by atoms with Crippen molar-refractivity contribution in [3.63, 3.8) is 0 Å². The summed E-state index contributed by atoms with van der Waals surface area (Å²) in [5.41, 5.74) is -0.760. The molecule has 0 aromatic carbocycles. The van der Waals surface area contributed by atoms with E-state index in [1.807, 2.05) is 6.92 Å². The Balaban J connectivity index is 2.27. The monoisotopic (exact) mass is 159 g/mol. The normalized spacial score (nSPS) is 59.5. The van der Waals surface area contributed by atoms with Crippen LogP contribution < -0.4 is 0 Å². The minimum Gasteiger partial charge on any atom is -0.387 e. The van der Waals surface area contributed by atoms with Gasteiger partial charge in [0.2, 0.25) is 0 Å². The van der Waals surface area contributed by atoms with E-state index in [2.05, 4.69) is 0 Å². The summed E-state index contributed by atoms with van der Waals surface area (Å²) in [4.78, 5) is 0. The molecule has 0 aromatic heterocycles. The lowest BCUT2D eigenvalue weighted by Gasteiger charge is -2.27. The third-order valence-corrected chi connectivity index (χ3v) is 2.67. The Labute approximate surface area is 67.7 Å². The Kier molecular flexibility index (Phi) is 1.27. The van der Waals surface area contributed by atoms with Gasteiger partial charge in [0, 0.05) is 1.37 Å². The molecule has 0 amide bonds. The van der Waals surface area contributed by atoms with Crippen LogP contribution in [0.5, 0.6) is 0 Å². The zero-order valence-corrected chi connectivity index (χ0v) is 6.78. The van der Waals surface area contributed by atoms with Crippen molar-refractivity contribution in [3.05, 3.63) is 0 Å². The van der Waals surface area contributed by atoms with E-state index >= 15 is 0 Å². The number of hydrogen-bond acceptors (Lipinski definition) is 3. The van der Waals surface area contributed by atoms with E-state index in [4.69, 9.17) is 10.8 Å².